The van der Waals surface area contributed by atoms with E-state index in [1.54, 1.807) is 0 Å². The van der Waals surface area contributed by atoms with Crippen LogP contribution in [-0.2, 0) is 9.53 Å². The van der Waals surface area contributed by atoms with Gasteiger partial charge in [-0.15, -0.1) is 0 Å². The largest absolute Gasteiger partial charge is 0.466 e. The second-order valence-corrected chi connectivity index (χ2v) is 7.24. The lowest BCUT2D eigenvalue weighted by atomic mass is 9.83. The van der Waals surface area contributed by atoms with E-state index < -0.39 is 0 Å². The first-order valence-corrected chi connectivity index (χ1v) is 9.84. The van der Waals surface area contributed by atoms with Crippen LogP contribution in [0.25, 0.3) is 0 Å². The van der Waals surface area contributed by atoms with E-state index in [0.717, 1.165) is 45.0 Å². The van der Waals surface area contributed by atoms with E-state index in [-0.39, 0.29) is 11.9 Å². The first-order valence-electron chi connectivity index (χ1n) is 9.84. The van der Waals surface area contributed by atoms with Crippen LogP contribution in [0.15, 0.2) is 4.99 Å². The second kappa shape index (κ2) is 9.28. The molecule has 0 unspecified atom stereocenters. The number of nitrogens with one attached hydrogen (secondary N) is 1. The standard InChI is InChI=1S/C19H35N3O2/c1-4-19(11-7-8-12-19)15-21-18(20-5-2)22-13-9-16(10-14-22)17(23)24-6-3/h16H,4-15H2,1-3H3,(H,20,21). The highest BCUT2D eigenvalue weighted by Crippen LogP contribution is 2.41. The fraction of sp³-hybridized carbons (Fsp3) is 0.895. The maximum atomic E-state index is 11.9. The van der Waals surface area contributed by atoms with E-state index >= 15 is 0 Å². The SMILES string of the molecule is CCNC(=NCC1(CC)CCCC1)N1CCC(C(=O)OCC)CC1. The monoisotopic (exact) mass is 337 g/mol. The van der Waals surface area contributed by atoms with Crippen molar-refractivity contribution in [3.8, 4) is 0 Å². The van der Waals surface area contributed by atoms with Crippen molar-refractivity contribution in [1.82, 2.24) is 10.2 Å². The van der Waals surface area contributed by atoms with Crippen molar-refractivity contribution >= 4 is 11.9 Å². The molecule has 0 spiro atoms. The van der Waals surface area contributed by atoms with Gasteiger partial charge in [-0.3, -0.25) is 9.79 Å². The Labute approximate surface area is 147 Å². The van der Waals surface area contributed by atoms with Gasteiger partial charge in [0.1, 0.15) is 0 Å². The van der Waals surface area contributed by atoms with E-state index in [9.17, 15) is 4.79 Å². The van der Waals surface area contributed by atoms with Crippen molar-refractivity contribution in [3.05, 3.63) is 0 Å². The fourth-order valence-electron chi connectivity index (χ4n) is 4.00. The predicted molar refractivity (Wildman–Crippen MR) is 98.1 cm³/mol. The molecule has 1 saturated heterocycles. The van der Waals surface area contributed by atoms with Crippen molar-refractivity contribution in [1.29, 1.82) is 0 Å². The summed E-state index contributed by atoms with van der Waals surface area (Å²) in [5.74, 6) is 1.05. The number of nitrogens with zero attached hydrogens (tertiary/aromatic N) is 2. The summed E-state index contributed by atoms with van der Waals surface area (Å²) in [5, 5.41) is 3.45. The number of hydrogen-bond acceptors (Lipinski definition) is 3. The molecule has 2 fully saturated rings. The molecular weight excluding hydrogens is 302 g/mol. The van der Waals surface area contributed by atoms with Gasteiger partial charge in [0.25, 0.3) is 0 Å². The highest BCUT2D eigenvalue weighted by atomic mass is 16.5. The molecule has 1 saturated carbocycles. The molecule has 0 bridgehead atoms. The summed E-state index contributed by atoms with van der Waals surface area (Å²) < 4.78 is 5.16. The number of carbonyl (C=O) groups excluding carboxylic acids is 1. The quantitative estimate of drug-likeness (QED) is 0.459. The number of hydrogen-bond donors (Lipinski definition) is 1. The minimum absolute atomic E-state index is 0.0324. The summed E-state index contributed by atoms with van der Waals surface area (Å²) >= 11 is 0. The number of carbonyl (C=O) groups is 1. The van der Waals surface area contributed by atoms with Crippen LogP contribution in [0.3, 0.4) is 0 Å². The van der Waals surface area contributed by atoms with Gasteiger partial charge in [-0.05, 0) is 51.4 Å². The molecule has 0 amide bonds. The normalized spacial score (nSPS) is 21.8. The summed E-state index contributed by atoms with van der Waals surface area (Å²) in [6, 6.07) is 0. The van der Waals surface area contributed by atoms with Crippen molar-refractivity contribution in [2.75, 3.05) is 32.8 Å². The van der Waals surface area contributed by atoms with Crippen LogP contribution in [0, 0.1) is 11.3 Å². The topological polar surface area (TPSA) is 53.9 Å². The van der Waals surface area contributed by atoms with Crippen molar-refractivity contribution in [3.63, 3.8) is 0 Å². The fourth-order valence-corrected chi connectivity index (χ4v) is 4.00. The molecule has 2 aliphatic rings. The molecule has 1 N–H and O–H groups in total. The Balaban J connectivity index is 1.93. The molecule has 2 rings (SSSR count). The Kier molecular flexibility index (Phi) is 7.38. The van der Waals surface area contributed by atoms with E-state index in [0.29, 0.717) is 12.0 Å². The number of esters is 1. The molecule has 24 heavy (non-hydrogen) atoms. The summed E-state index contributed by atoms with van der Waals surface area (Å²) in [6.07, 6.45) is 8.29. The van der Waals surface area contributed by atoms with E-state index in [1.807, 2.05) is 6.92 Å². The maximum absolute atomic E-state index is 11.9. The lowest BCUT2D eigenvalue weighted by molar-refractivity contribution is -0.149. The lowest BCUT2D eigenvalue weighted by Crippen LogP contribution is -2.47. The van der Waals surface area contributed by atoms with Crippen LogP contribution in [0.4, 0.5) is 0 Å². The second-order valence-electron chi connectivity index (χ2n) is 7.24. The molecule has 0 aromatic rings. The molecule has 1 aliphatic carbocycles. The van der Waals surface area contributed by atoms with Crippen LogP contribution >= 0.6 is 0 Å². The lowest BCUT2D eigenvalue weighted by Gasteiger charge is -2.34. The van der Waals surface area contributed by atoms with Gasteiger partial charge in [-0.25, -0.2) is 0 Å². The molecule has 138 valence electrons. The number of likely N-dealkylation sites (tertiary alicyclic amines) is 1. The van der Waals surface area contributed by atoms with Crippen LogP contribution in [0.2, 0.25) is 0 Å². The van der Waals surface area contributed by atoms with Gasteiger partial charge in [0.05, 0.1) is 12.5 Å². The smallest absolute Gasteiger partial charge is 0.309 e. The van der Waals surface area contributed by atoms with Gasteiger partial charge in [-0.2, -0.15) is 0 Å². The Bertz CT molecular complexity index is 422. The van der Waals surface area contributed by atoms with Crippen LogP contribution in [-0.4, -0.2) is 49.6 Å². The molecule has 1 aliphatic heterocycles. The number of rotatable bonds is 6. The van der Waals surface area contributed by atoms with E-state index in [2.05, 4.69) is 24.1 Å². The Morgan fingerprint density at radius 3 is 2.42 bits per heavy atom. The minimum Gasteiger partial charge on any atom is -0.466 e. The summed E-state index contributed by atoms with van der Waals surface area (Å²) in [5.41, 5.74) is 0.421. The third-order valence-corrected chi connectivity index (χ3v) is 5.73. The van der Waals surface area contributed by atoms with Crippen LogP contribution in [0.1, 0.15) is 65.7 Å². The third kappa shape index (κ3) is 4.87. The average Bonchev–Trinajstić information content (AvgIpc) is 3.08. The van der Waals surface area contributed by atoms with Gasteiger partial charge in [-0.1, -0.05) is 19.8 Å². The molecule has 5 heteroatoms. The highest BCUT2D eigenvalue weighted by molar-refractivity contribution is 5.80. The molecule has 0 aromatic heterocycles. The zero-order chi connectivity index (χ0) is 17.4. The molecule has 1 heterocycles. The van der Waals surface area contributed by atoms with Crippen LogP contribution in [0.5, 0.6) is 0 Å². The Morgan fingerprint density at radius 2 is 1.88 bits per heavy atom. The molecule has 0 atom stereocenters. The predicted octanol–water partition coefficient (Wildman–Crippen LogP) is 3.20. The number of aliphatic imine (C=N–C) groups is 1. The average molecular weight is 338 g/mol. The first-order chi connectivity index (χ1) is 11.6. The van der Waals surface area contributed by atoms with E-state index in [4.69, 9.17) is 9.73 Å². The minimum atomic E-state index is -0.0324. The maximum Gasteiger partial charge on any atom is 0.309 e. The van der Waals surface area contributed by atoms with Crippen molar-refractivity contribution in [2.24, 2.45) is 16.3 Å². The number of guanidine groups is 1. The number of ether oxygens (including phenoxy) is 1. The summed E-state index contributed by atoms with van der Waals surface area (Å²) in [7, 11) is 0. The zero-order valence-corrected chi connectivity index (χ0v) is 15.8. The van der Waals surface area contributed by atoms with E-state index in [1.165, 1.54) is 32.1 Å². The molecular formula is C19H35N3O2. The number of piperidine rings is 1. The Hall–Kier alpha value is -1.26. The molecule has 0 aromatic carbocycles. The molecule has 0 radical (unpaired) electrons. The van der Waals surface area contributed by atoms with Gasteiger partial charge in [0.15, 0.2) is 5.96 Å². The van der Waals surface area contributed by atoms with Gasteiger partial charge in [0, 0.05) is 26.2 Å². The van der Waals surface area contributed by atoms with Gasteiger partial charge < -0.3 is 15.0 Å². The zero-order valence-electron chi connectivity index (χ0n) is 15.8. The summed E-state index contributed by atoms with van der Waals surface area (Å²) in [4.78, 5) is 19.2. The van der Waals surface area contributed by atoms with Gasteiger partial charge in [0.2, 0.25) is 0 Å². The van der Waals surface area contributed by atoms with Crippen molar-refractivity contribution in [2.45, 2.75) is 65.7 Å². The highest BCUT2D eigenvalue weighted by Gasteiger charge is 2.32. The third-order valence-electron chi connectivity index (χ3n) is 5.73. The van der Waals surface area contributed by atoms with Gasteiger partial charge >= 0.3 is 5.97 Å². The van der Waals surface area contributed by atoms with Crippen molar-refractivity contribution < 1.29 is 9.53 Å². The first kappa shape index (κ1) is 19.1. The molecule has 5 nitrogen and oxygen atoms in total. The Morgan fingerprint density at radius 1 is 1.21 bits per heavy atom. The van der Waals surface area contributed by atoms with Crippen LogP contribution < -0.4 is 5.32 Å². The summed E-state index contributed by atoms with van der Waals surface area (Å²) in [6.45, 7) is 10.4.